The Bertz CT molecular complexity index is 1340. The van der Waals surface area contributed by atoms with Crippen molar-refractivity contribution in [1.82, 2.24) is 0 Å². The third-order valence-corrected chi connectivity index (χ3v) is 5.41. The van der Waals surface area contributed by atoms with Crippen LogP contribution < -0.4 is 10.1 Å². The average molecular weight is 431 g/mol. The number of hydrogen-bond donors (Lipinski definition) is 1. The van der Waals surface area contributed by atoms with Gasteiger partial charge >= 0.3 is 0 Å². The number of carbonyl (C=O) groups is 2. The summed E-state index contributed by atoms with van der Waals surface area (Å²) in [5.74, 6) is -0.898. The molecule has 0 radical (unpaired) electrons. The fourth-order valence-corrected chi connectivity index (χ4v) is 3.39. The third kappa shape index (κ3) is 4.12. The highest BCUT2D eigenvalue weighted by Crippen LogP contribution is 2.33. The quantitative estimate of drug-likeness (QED) is 0.395. The molecular formula is C26H22FNO4. The zero-order valence-corrected chi connectivity index (χ0v) is 18.0. The van der Waals surface area contributed by atoms with Crippen molar-refractivity contribution in [2.45, 2.75) is 20.8 Å². The van der Waals surface area contributed by atoms with Crippen LogP contribution in [-0.4, -0.2) is 18.3 Å². The SMILES string of the molecule is Cc1ccc(C(=O)c2oc3ccccc3c2NC(=O)COc2cccc(C)c2C)cc1F. The topological polar surface area (TPSA) is 68.5 Å². The Morgan fingerprint density at radius 1 is 0.969 bits per heavy atom. The van der Waals surface area contributed by atoms with Gasteiger partial charge in [0.15, 0.2) is 12.4 Å². The molecule has 0 aliphatic rings. The van der Waals surface area contributed by atoms with Crippen molar-refractivity contribution in [1.29, 1.82) is 0 Å². The lowest BCUT2D eigenvalue weighted by molar-refractivity contribution is -0.118. The molecular weight excluding hydrogens is 409 g/mol. The van der Waals surface area contributed by atoms with Crippen molar-refractivity contribution in [3.8, 4) is 5.75 Å². The maximum absolute atomic E-state index is 14.0. The molecule has 6 heteroatoms. The fraction of sp³-hybridized carbons (Fsp3) is 0.154. The van der Waals surface area contributed by atoms with E-state index in [1.165, 1.54) is 18.2 Å². The maximum Gasteiger partial charge on any atom is 0.262 e. The lowest BCUT2D eigenvalue weighted by Gasteiger charge is -2.11. The largest absolute Gasteiger partial charge is 0.483 e. The van der Waals surface area contributed by atoms with Crippen LogP contribution in [0.25, 0.3) is 11.0 Å². The minimum Gasteiger partial charge on any atom is -0.483 e. The number of ketones is 1. The second kappa shape index (κ2) is 8.67. The number of amides is 1. The normalized spacial score (nSPS) is 10.9. The summed E-state index contributed by atoms with van der Waals surface area (Å²) in [7, 11) is 0. The van der Waals surface area contributed by atoms with Gasteiger partial charge in [-0.25, -0.2) is 4.39 Å². The first-order valence-corrected chi connectivity index (χ1v) is 10.2. The van der Waals surface area contributed by atoms with E-state index in [1.54, 1.807) is 37.3 Å². The minimum absolute atomic E-state index is 0.0606. The molecule has 3 aromatic carbocycles. The number of aryl methyl sites for hydroxylation is 2. The Labute approximate surface area is 184 Å². The number of para-hydroxylation sites is 1. The van der Waals surface area contributed by atoms with Gasteiger partial charge in [0, 0.05) is 10.9 Å². The fourth-order valence-electron chi connectivity index (χ4n) is 3.39. The number of halogens is 1. The van der Waals surface area contributed by atoms with Gasteiger partial charge in [0.1, 0.15) is 17.1 Å². The molecule has 32 heavy (non-hydrogen) atoms. The summed E-state index contributed by atoms with van der Waals surface area (Å²) in [6, 6.07) is 16.8. The van der Waals surface area contributed by atoms with Crippen molar-refractivity contribution in [3.63, 3.8) is 0 Å². The van der Waals surface area contributed by atoms with Crippen molar-refractivity contribution < 1.29 is 23.1 Å². The van der Waals surface area contributed by atoms with Gasteiger partial charge in [-0.1, -0.05) is 36.4 Å². The monoisotopic (exact) mass is 431 g/mol. The van der Waals surface area contributed by atoms with E-state index in [1.807, 2.05) is 26.0 Å². The molecule has 0 spiro atoms. The van der Waals surface area contributed by atoms with Crippen LogP contribution >= 0.6 is 0 Å². The summed E-state index contributed by atoms with van der Waals surface area (Å²) in [5, 5.41) is 3.31. The Morgan fingerprint density at radius 3 is 2.53 bits per heavy atom. The highest BCUT2D eigenvalue weighted by atomic mass is 19.1. The molecule has 0 fully saturated rings. The highest BCUT2D eigenvalue weighted by Gasteiger charge is 2.24. The van der Waals surface area contributed by atoms with E-state index in [2.05, 4.69) is 5.32 Å². The lowest BCUT2D eigenvalue weighted by Crippen LogP contribution is -2.21. The van der Waals surface area contributed by atoms with Gasteiger partial charge in [-0.3, -0.25) is 9.59 Å². The predicted molar refractivity (Wildman–Crippen MR) is 121 cm³/mol. The van der Waals surface area contributed by atoms with Gasteiger partial charge in [0.2, 0.25) is 5.78 Å². The molecule has 0 atom stereocenters. The van der Waals surface area contributed by atoms with Crippen molar-refractivity contribution in [3.05, 3.63) is 94.5 Å². The maximum atomic E-state index is 14.0. The van der Waals surface area contributed by atoms with Crippen LogP contribution in [0.15, 0.2) is 65.1 Å². The number of anilines is 1. The van der Waals surface area contributed by atoms with E-state index in [9.17, 15) is 14.0 Å². The molecule has 162 valence electrons. The van der Waals surface area contributed by atoms with Gasteiger partial charge in [0.05, 0.1) is 5.69 Å². The molecule has 4 rings (SSSR count). The Hall–Kier alpha value is -3.93. The number of carbonyl (C=O) groups excluding carboxylic acids is 2. The Kier molecular flexibility index (Phi) is 5.77. The van der Waals surface area contributed by atoms with E-state index in [4.69, 9.17) is 9.15 Å². The van der Waals surface area contributed by atoms with Gasteiger partial charge in [-0.2, -0.15) is 0 Å². The number of rotatable bonds is 6. The number of fused-ring (bicyclic) bond motifs is 1. The molecule has 1 amide bonds. The first-order chi connectivity index (χ1) is 15.3. The molecule has 0 bridgehead atoms. The molecule has 0 aliphatic carbocycles. The van der Waals surface area contributed by atoms with E-state index in [0.717, 1.165) is 11.1 Å². The third-order valence-electron chi connectivity index (χ3n) is 5.41. The molecule has 5 nitrogen and oxygen atoms in total. The Morgan fingerprint density at radius 2 is 1.75 bits per heavy atom. The molecule has 0 saturated heterocycles. The number of hydrogen-bond acceptors (Lipinski definition) is 4. The van der Waals surface area contributed by atoms with Crippen LogP contribution in [0.1, 0.15) is 32.8 Å². The minimum atomic E-state index is -0.522. The highest BCUT2D eigenvalue weighted by molar-refractivity contribution is 6.17. The van der Waals surface area contributed by atoms with Crippen LogP contribution in [-0.2, 0) is 4.79 Å². The first kappa shape index (κ1) is 21.3. The average Bonchev–Trinajstić information content (AvgIpc) is 3.14. The molecule has 0 saturated carbocycles. The molecule has 1 aromatic heterocycles. The summed E-state index contributed by atoms with van der Waals surface area (Å²) in [6.07, 6.45) is 0. The summed E-state index contributed by atoms with van der Waals surface area (Å²) in [6.45, 7) is 5.26. The van der Waals surface area contributed by atoms with Crippen molar-refractivity contribution in [2.24, 2.45) is 0 Å². The van der Waals surface area contributed by atoms with Gasteiger partial charge < -0.3 is 14.5 Å². The van der Waals surface area contributed by atoms with E-state index < -0.39 is 17.5 Å². The lowest BCUT2D eigenvalue weighted by atomic mass is 10.0. The molecule has 0 unspecified atom stereocenters. The van der Waals surface area contributed by atoms with Crippen LogP contribution in [0.2, 0.25) is 0 Å². The van der Waals surface area contributed by atoms with E-state index in [-0.39, 0.29) is 23.6 Å². The van der Waals surface area contributed by atoms with Gasteiger partial charge in [-0.05, 0) is 61.7 Å². The second-order valence-electron chi connectivity index (χ2n) is 7.63. The first-order valence-electron chi connectivity index (χ1n) is 10.2. The van der Waals surface area contributed by atoms with Crippen LogP contribution in [0, 0.1) is 26.6 Å². The van der Waals surface area contributed by atoms with Crippen LogP contribution in [0.5, 0.6) is 5.75 Å². The number of benzene rings is 3. The second-order valence-corrected chi connectivity index (χ2v) is 7.63. The van der Waals surface area contributed by atoms with Crippen molar-refractivity contribution in [2.75, 3.05) is 11.9 Å². The van der Waals surface area contributed by atoms with Crippen LogP contribution in [0.3, 0.4) is 0 Å². The zero-order valence-electron chi connectivity index (χ0n) is 18.0. The summed E-state index contributed by atoms with van der Waals surface area (Å²) >= 11 is 0. The predicted octanol–water partition coefficient (Wildman–Crippen LogP) is 5.75. The number of ether oxygens (including phenoxy) is 1. The number of furan rings is 1. The van der Waals surface area contributed by atoms with E-state index >= 15 is 0 Å². The standard InChI is InChI=1S/C26H22FNO4/c1-15-7-6-10-21(17(15)3)31-14-23(29)28-24-19-8-4-5-9-22(19)32-26(24)25(30)18-12-11-16(2)20(27)13-18/h4-13H,14H2,1-3H3,(H,28,29). The smallest absolute Gasteiger partial charge is 0.262 e. The zero-order chi connectivity index (χ0) is 22.8. The number of nitrogens with one attached hydrogen (secondary N) is 1. The van der Waals surface area contributed by atoms with Crippen LogP contribution in [0.4, 0.5) is 10.1 Å². The van der Waals surface area contributed by atoms with E-state index in [0.29, 0.717) is 22.3 Å². The van der Waals surface area contributed by atoms with Gasteiger partial charge in [-0.15, -0.1) is 0 Å². The molecule has 0 aliphatic heterocycles. The summed E-state index contributed by atoms with van der Waals surface area (Å²) < 4.78 is 25.5. The molecule has 4 aromatic rings. The molecule has 1 heterocycles. The summed E-state index contributed by atoms with van der Waals surface area (Å²) in [5.41, 5.74) is 3.25. The molecule has 1 N–H and O–H groups in total. The summed E-state index contributed by atoms with van der Waals surface area (Å²) in [4.78, 5) is 25.8. The van der Waals surface area contributed by atoms with Gasteiger partial charge in [0.25, 0.3) is 5.91 Å². The van der Waals surface area contributed by atoms with Crippen molar-refractivity contribution >= 4 is 28.3 Å². The Balaban J connectivity index is 1.62.